The van der Waals surface area contributed by atoms with E-state index >= 15 is 0 Å². The summed E-state index contributed by atoms with van der Waals surface area (Å²) in [7, 11) is 0. The van der Waals surface area contributed by atoms with Crippen molar-refractivity contribution in [1.82, 2.24) is 5.32 Å². The van der Waals surface area contributed by atoms with Gasteiger partial charge < -0.3 is 5.32 Å². The first kappa shape index (κ1) is 13.2. The molecule has 2 fully saturated rings. The molecule has 1 atom stereocenters. The molecule has 0 bridgehead atoms. The van der Waals surface area contributed by atoms with Gasteiger partial charge in [-0.1, -0.05) is 29.8 Å². The molecule has 0 aromatic heterocycles. The van der Waals surface area contributed by atoms with E-state index in [0.29, 0.717) is 6.04 Å². The Morgan fingerprint density at radius 3 is 2.42 bits per heavy atom. The van der Waals surface area contributed by atoms with Crippen LogP contribution in [0.3, 0.4) is 0 Å². The molecule has 2 saturated carbocycles. The Morgan fingerprint density at radius 2 is 1.84 bits per heavy atom. The van der Waals surface area contributed by atoms with Crippen LogP contribution in [0.25, 0.3) is 0 Å². The number of rotatable bonds is 7. The zero-order valence-electron chi connectivity index (χ0n) is 12.4. The molecule has 0 saturated heterocycles. The normalized spacial score (nSPS) is 20.8. The van der Waals surface area contributed by atoms with Crippen molar-refractivity contribution in [2.75, 3.05) is 0 Å². The van der Waals surface area contributed by atoms with Gasteiger partial charge in [-0.15, -0.1) is 0 Å². The second kappa shape index (κ2) is 5.66. The molecule has 1 aromatic rings. The minimum Gasteiger partial charge on any atom is -0.311 e. The van der Waals surface area contributed by atoms with E-state index in [2.05, 4.69) is 43.4 Å². The van der Waals surface area contributed by atoms with Crippen molar-refractivity contribution in [2.24, 2.45) is 11.8 Å². The van der Waals surface area contributed by atoms with Crippen LogP contribution >= 0.6 is 0 Å². The van der Waals surface area contributed by atoms with Gasteiger partial charge in [0.1, 0.15) is 0 Å². The van der Waals surface area contributed by atoms with Crippen molar-refractivity contribution >= 4 is 0 Å². The van der Waals surface area contributed by atoms with Gasteiger partial charge in [-0.2, -0.15) is 0 Å². The number of hydrogen-bond acceptors (Lipinski definition) is 1. The molecular formula is C18H27N. The lowest BCUT2D eigenvalue weighted by atomic mass is 10.0. The Hall–Kier alpha value is -0.820. The van der Waals surface area contributed by atoms with Crippen LogP contribution in [-0.4, -0.2) is 12.1 Å². The third-order valence-corrected chi connectivity index (χ3v) is 4.69. The minimum absolute atomic E-state index is 0.659. The Labute approximate surface area is 117 Å². The molecule has 2 aliphatic rings. The summed E-state index contributed by atoms with van der Waals surface area (Å²) >= 11 is 0. The molecule has 0 spiro atoms. The Kier molecular flexibility index (Phi) is 3.93. The first-order valence-electron chi connectivity index (χ1n) is 8.04. The molecule has 0 amide bonds. The largest absolute Gasteiger partial charge is 0.311 e. The summed E-state index contributed by atoms with van der Waals surface area (Å²) in [5.41, 5.74) is 2.87. The average molecular weight is 257 g/mol. The SMILES string of the molecule is Cc1cccc(CCC(C)NC(C2CC2)C2CC2)c1. The van der Waals surface area contributed by atoms with E-state index in [9.17, 15) is 0 Å². The lowest BCUT2D eigenvalue weighted by Gasteiger charge is -2.23. The van der Waals surface area contributed by atoms with E-state index in [1.54, 1.807) is 0 Å². The fraction of sp³-hybridized carbons (Fsp3) is 0.667. The van der Waals surface area contributed by atoms with Crippen LogP contribution in [0.1, 0.15) is 50.2 Å². The second-order valence-corrected chi connectivity index (χ2v) is 6.80. The number of benzene rings is 1. The molecule has 0 aliphatic heterocycles. The van der Waals surface area contributed by atoms with Gasteiger partial charge in [-0.05, 0) is 69.8 Å². The van der Waals surface area contributed by atoms with Crippen LogP contribution in [-0.2, 0) is 6.42 Å². The number of hydrogen-bond donors (Lipinski definition) is 1. The molecule has 1 aromatic carbocycles. The lowest BCUT2D eigenvalue weighted by molar-refractivity contribution is 0.362. The van der Waals surface area contributed by atoms with Gasteiger partial charge >= 0.3 is 0 Å². The Balaban J connectivity index is 1.46. The van der Waals surface area contributed by atoms with Crippen LogP contribution in [0.2, 0.25) is 0 Å². The highest BCUT2D eigenvalue weighted by atomic mass is 15.0. The standard InChI is InChI=1S/C18H27N/c1-13-4-3-5-15(12-13)7-6-14(2)19-18(16-8-9-16)17-10-11-17/h3-5,12,14,16-19H,6-11H2,1-2H3. The van der Waals surface area contributed by atoms with Crippen molar-refractivity contribution in [1.29, 1.82) is 0 Å². The predicted octanol–water partition coefficient (Wildman–Crippen LogP) is 4.09. The van der Waals surface area contributed by atoms with Gasteiger partial charge in [0.25, 0.3) is 0 Å². The quantitative estimate of drug-likeness (QED) is 0.775. The first-order valence-corrected chi connectivity index (χ1v) is 8.04. The topological polar surface area (TPSA) is 12.0 Å². The predicted molar refractivity (Wildman–Crippen MR) is 81.3 cm³/mol. The van der Waals surface area contributed by atoms with Gasteiger partial charge in [0.2, 0.25) is 0 Å². The fourth-order valence-corrected chi connectivity index (χ4v) is 3.23. The summed E-state index contributed by atoms with van der Waals surface area (Å²) in [6.07, 6.45) is 8.35. The Morgan fingerprint density at radius 1 is 1.16 bits per heavy atom. The van der Waals surface area contributed by atoms with Crippen molar-refractivity contribution in [3.63, 3.8) is 0 Å². The highest BCUT2D eigenvalue weighted by Crippen LogP contribution is 2.44. The minimum atomic E-state index is 0.659. The molecular weight excluding hydrogens is 230 g/mol. The van der Waals surface area contributed by atoms with Crippen LogP contribution in [0.15, 0.2) is 24.3 Å². The van der Waals surface area contributed by atoms with Crippen molar-refractivity contribution in [2.45, 2.75) is 64.5 Å². The van der Waals surface area contributed by atoms with Crippen molar-refractivity contribution in [3.8, 4) is 0 Å². The monoisotopic (exact) mass is 257 g/mol. The molecule has 104 valence electrons. The summed E-state index contributed by atoms with van der Waals surface area (Å²) in [5, 5.41) is 3.93. The summed E-state index contributed by atoms with van der Waals surface area (Å²) in [4.78, 5) is 0. The fourth-order valence-electron chi connectivity index (χ4n) is 3.23. The maximum Gasteiger partial charge on any atom is 0.0126 e. The third-order valence-electron chi connectivity index (χ3n) is 4.69. The maximum absolute atomic E-state index is 3.93. The molecule has 19 heavy (non-hydrogen) atoms. The van der Waals surface area contributed by atoms with E-state index in [-0.39, 0.29) is 0 Å². The molecule has 1 unspecified atom stereocenters. The average Bonchev–Trinajstić information content (AvgIpc) is 3.27. The Bertz CT molecular complexity index is 405. The van der Waals surface area contributed by atoms with E-state index in [1.807, 2.05) is 0 Å². The van der Waals surface area contributed by atoms with Crippen LogP contribution in [0, 0.1) is 18.8 Å². The highest BCUT2D eigenvalue weighted by Gasteiger charge is 2.41. The zero-order chi connectivity index (χ0) is 13.2. The van der Waals surface area contributed by atoms with Gasteiger partial charge in [-0.3, -0.25) is 0 Å². The summed E-state index contributed by atoms with van der Waals surface area (Å²) in [6.45, 7) is 4.55. The van der Waals surface area contributed by atoms with E-state index < -0.39 is 0 Å². The molecule has 1 N–H and O–H groups in total. The third kappa shape index (κ3) is 3.82. The summed E-state index contributed by atoms with van der Waals surface area (Å²) < 4.78 is 0. The smallest absolute Gasteiger partial charge is 0.0126 e. The van der Waals surface area contributed by atoms with Gasteiger partial charge in [0.05, 0.1) is 0 Å². The maximum atomic E-state index is 3.93. The molecule has 3 rings (SSSR count). The van der Waals surface area contributed by atoms with Crippen LogP contribution in [0.5, 0.6) is 0 Å². The number of aryl methyl sites for hydroxylation is 2. The second-order valence-electron chi connectivity index (χ2n) is 6.80. The van der Waals surface area contributed by atoms with Crippen molar-refractivity contribution in [3.05, 3.63) is 35.4 Å². The first-order chi connectivity index (χ1) is 9.22. The summed E-state index contributed by atoms with van der Waals surface area (Å²) in [6, 6.07) is 10.4. The van der Waals surface area contributed by atoms with E-state index in [4.69, 9.17) is 0 Å². The molecule has 0 heterocycles. The van der Waals surface area contributed by atoms with Crippen LogP contribution in [0.4, 0.5) is 0 Å². The highest BCUT2D eigenvalue weighted by molar-refractivity contribution is 5.22. The van der Waals surface area contributed by atoms with Crippen molar-refractivity contribution < 1.29 is 0 Å². The molecule has 1 heteroatoms. The van der Waals surface area contributed by atoms with Gasteiger partial charge in [-0.25, -0.2) is 0 Å². The van der Waals surface area contributed by atoms with Gasteiger partial charge in [0, 0.05) is 12.1 Å². The van der Waals surface area contributed by atoms with Crippen LogP contribution < -0.4 is 5.32 Å². The van der Waals surface area contributed by atoms with Gasteiger partial charge in [0.15, 0.2) is 0 Å². The summed E-state index contributed by atoms with van der Waals surface area (Å²) in [5.74, 6) is 2.02. The van der Waals surface area contributed by atoms with E-state index in [1.165, 1.54) is 49.7 Å². The zero-order valence-corrected chi connectivity index (χ0v) is 12.4. The number of nitrogens with one attached hydrogen (secondary N) is 1. The molecule has 2 aliphatic carbocycles. The van der Waals surface area contributed by atoms with E-state index in [0.717, 1.165) is 17.9 Å². The molecule has 0 radical (unpaired) electrons. The lowest BCUT2D eigenvalue weighted by Crippen LogP contribution is -2.39. The molecule has 1 nitrogen and oxygen atoms in total.